The van der Waals surface area contributed by atoms with Gasteiger partial charge in [0.25, 0.3) is 0 Å². The Hall–Kier alpha value is -1.81. The van der Waals surface area contributed by atoms with Gasteiger partial charge in [0.15, 0.2) is 0 Å². The first-order valence-electron chi connectivity index (χ1n) is 10.1. The fourth-order valence-corrected chi connectivity index (χ4v) is 6.11. The second kappa shape index (κ2) is 7.46. The van der Waals surface area contributed by atoms with Crippen molar-refractivity contribution in [1.29, 1.82) is 0 Å². The van der Waals surface area contributed by atoms with Gasteiger partial charge >= 0.3 is 5.97 Å². The fourth-order valence-electron chi connectivity index (χ4n) is 5.59. The number of carbonyl (C=O) groups is 1. The lowest BCUT2D eigenvalue weighted by atomic mass is 9.71. The summed E-state index contributed by atoms with van der Waals surface area (Å²) in [4.78, 5) is 15.0. The first-order valence-corrected chi connectivity index (χ1v) is 10.9. The summed E-state index contributed by atoms with van der Waals surface area (Å²) < 4.78 is 5.16. The molecule has 150 valence electrons. The Labute approximate surface area is 181 Å². The van der Waals surface area contributed by atoms with Gasteiger partial charge in [-0.05, 0) is 60.1 Å². The molecule has 0 aromatic heterocycles. The van der Waals surface area contributed by atoms with Crippen LogP contribution in [0.15, 0.2) is 48.0 Å². The summed E-state index contributed by atoms with van der Waals surface area (Å²) in [5, 5.41) is 1.27. The zero-order chi connectivity index (χ0) is 20.1. The van der Waals surface area contributed by atoms with Crippen LogP contribution in [0, 0.1) is 11.8 Å². The maximum atomic E-state index is 12.5. The van der Waals surface area contributed by atoms with Crippen LogP contribution < -0.4 is 0 Å². The number of ether oxygens (including phenoxy) is 1. The number of carbonyl (C=O) groups excluding carboxylic acids is 1. The van der Waals surface area contributed by atoms with E-state index in [0.717, 1.165) is 36.1 Å². The van der Waals surface area contributed by atoms with Crippen LogP contribution in [-0.2, 0) is 9.53 Å². The molecule has 6 rings (SSSR count). The van der Waals surface area contributed by atoms with Gasteiger partial charge in [-0.25, -0.2) is 0 Å². The van der Waals surface area contributed by atoms with Crippen molar-refractivity contribution in [2.24, 2.45) is 11.8 Å². The first kappa shape index (κ1) is 19.2. The Morgan fingerprint density at radius 2 is 1.79 bits per heavy atom. The number of nitrogens with zero attached hydrogens (tertiary/aromatic N) is 1. The molecule has 4 bridgehead atoms. The Bertz CT molecular complexity index is 965. The van der Waals surface area contributed by atoms with Crippen LogP contribution in [-0.4, -0.2) is 36.6 Å². The molecule has 0 saturated carbocycles. The number of halogens is 2. The lowest BCUT2D eigenvalue weighted by Crippen LogP contribution is -2.58. The summed E-state index contributed by atoms with van der Waals surface area (Å²) in [6, 6.07) is 15.0. The lowest BCUT2D eigenvalue weighted by molar-refractivity contribution is -0.153. The molecule has 29 heavy (non-hydrogen) atoms. The van der Waals surface area contributed by atoms with E-state index in [0.29, 0.717) is 28.0 Å². The summed E-state index contributed by atoms with van der Waals surface area (Å²) in [6.45, 7) is 0.971. The molecule has 0 radical (unpaired) electrons. The lowest BCUT2D eigenvalue weighted by Gasteiger charge is -2.50. The van der Waals surface area contributed by atoms with Gasteiger partial charge in [-0.15, -0.1) is 0 Å². The number of benzene rings is 2. The summed E-state index contributed by atoms with van der Waals surface area (Å²) in [5.41, 5.74) is 4.60. The molecule has 5 atom stereocenters. The molecule has 3 nitrogen and oxygen atoms in total. The van der Waals surface area contributed by atoms with E-state index in [9.17, 15) is 4.79 Å². The largest absolute Gasteiger partial charge is 0.469 e. The van der Waals surface area contributed by atoms with Crippen LogP contribution in [0.25, 0.3) is 17.2 Å². The summed E-state index contributed by atoms with van der Waals surface area (Å²) in [5.74, 6) is 0.229. The van der Waals surface area contributed by atoms with Gasteiger partial charge in [0.2, 0.25) is 0 Å². The minimum Gasteiger partial charge on any atom is -0.469 e. The molecule has 5 heteroatoms. The van der Waals surface area contributed by atoms with Crippen molar-refractivity contribution in [2.75, 3.05) is 13.7 Å². The van der Waals surface area contributed by atoms with Gasteiger partial charge in [0, 0.05) is 28.7 Å². The molecular formula is C24H23Cl2NO2. The molecule has 0 amide bonds. The van der Waals surface area contributed by atoms with E-state index < -0.39 is 0 Å². The third-order valence-electron chi connectivity index (χ3n) is 6.84. The normalized spacial score (nSPS) is 31.3. The predicted octanol–water partition coefficient (Wildman–Crippen LogP) is 5.70. The van der Waals surface area contributed by atoms with Crippen LogP contribution in [0.1, 0.15) is 24.8 Å². The van der Waals surface area contributed by atoms with Crippen molar-refractivity contribution in [3.8, 4) is 11.1 Å². The molecular weight excluding hydrogens is 405 g/mol. The highest BCUT2D eigenvalue weighted by Crippen LogP contribution is 2.50. The third-order valence-corrected chi connectivity index (χ3v) is 7.27. The van der Waals surface area contributed by atoms with Gasteiger partial charge in [0.1, 0.15) is 0 Å². The second-order valence-electron chi connectivity index (χ2n) is 8.36. The summed E-state index contributed by atoms with van der Waals surface area (Å²) in [6.07, 6.45) is 5.66. The van der Waals surface area contributed by atoms with Crippen LogP contribution in [0.4, 0.5) is 0 Å². The minimum atomic E-state index is -0.0517. The highest BCUT2D eigenvalue weighted by Gasteiger charge is 2.55. The van der Waals surface area contributed by atoms with Crippen LogP contribution in [0.3, 0.4) is 0 Å². The van der Waals surface area contributed by atoms with E-state index in [1.807, 2.05) is 12.1 Å². The molecule has 0 spiro atoms. The molecule has 4 fully saturated rings. The highest BCUT2D eigenvalue weighted by molar-refractivity contribution is 6.35. The average Bonchev–Trinajstić information content (AvgIpc) is 3.02. The molecule has 2 aromatic carbocycles. The van der Waals surface area contributed by atoms with E-state index in [4.69, 9.17) is 27.9 Å². The molecule has 4 aliphatic heterocycles. The Kier molecular flexibility index (Phi) is 4.93. The highest BCUT2D eigenvalue weighted by atomic mass is 35.5. The van der Waals surface area contributed by atoms with Gasteiger partial charge in [-0.1, -0.05) is 59.1 Å². The number of methoxy groups -OCH3 is 1. The van der Waals surface area contributed by atoms with E-state index in [1.165, 1.54) is 19.1 Å². The van der Waals surface area contributed by atoms with Crippen molar-refractivity contribution in [3.05, 3.63) is 63.6 Å². The molecule has 1 unspecified atom stereocenters. The van der Waals surface area contributed by atoms with E-state index >= 15 is 0 Å². The molecule has 4 heterocycles. The number of fused-ring (bicyclic) bond motifs is 1. The monoisotopic (exact) mass is 427 g/mol. The van der Waals surface area contributed by atoms with Crippen molar-refractivity contribution in [3.63, 3.8) is 0 Å². The zero-order valence-corrected chi connectivity index (χ0v) is 17.8. The topological polar surface area (TPSA) is 29.5 Å². The Morgan fingerprint density at radius 1 is 1.07 bits per heavy atom. The van der Waals surface area contributed by atoms with Crippen molar-refractivity contribution < 1.29 is 9.53 Å². The maximum Gasteiger partial charge on any atom is 0.310 e. The summed E-state index contributed by atoms with van der Waals surface area (Å²) >= 11 is 12.3. The molecule has 0 aliphatic carbocycles. The smallest absolute Gasteiger partial charge is 0.310 e. The number of esters is 1. The number of hydrogen-bond donors (Lipinski definition) is 0. The van der Waals surface area contributed by atoms with Crippen molar-refractivity contribution in [1.82, 2.24) is 4.90 Å². The van der Waals surface area contributed by atoms with Crippen molar-refractivity contribution >= 4 is 35.2 Å². The van der Waals surface area contributed by atoms with Gasteiger partial charge < -0.3 is 4.74 Å². The third kappa shape index (κ3) is 3.39. The van der Waals surface area contributed by atoms with Gasteiger partial charge in [0.05, 0.1) is 13.0 Å². The van der Waals surface area contributed by atoms with Crippen LogP contribution in [0.2, 0.25) is 10.0 Å². The van der Waals surface area contributed by atoms with E-state index in [2.05, 4.69) is 35.2 Å². The molecule has 4 saturated heterocycles. The second-order valence-corrected chi connectivity index (χ2v) is 9.23. The van der Waals surface area contributed by atoms with Crippen LogP contribution >= 0.6 is 23.2 Å². The predicted molar refractivity (Wildman–Crippen MR) is 117 cm³/mol. The van der Waals surface area contributed by atoms with Gasteiger partial charge in [-0.2, -0.15) is 0 Å². The molecule has 4 aliphatic rings. The summed E-state index contributed by atoms with van der Waals surface area (Å²) in [7, 11) is 1.51. The van der Waals surface area contributed by atoms with Crippen molar-refractivity contribution in [2.45, 2.75) is 31.3 Å². The Balaban J connectivity index is 1.43. The maximum absolute atomic E-state index is 12.5. The standard InChI is InChI=1S/C24H23Cl2NO2/c1-29-24(28)23-21-12-20-6-7-22(23)27(20)13-17(21)8-14-2-4-15(5-3-14)16-9-18(25)11-19(26)10-16/h2-5,8-11,20-23H,6-7,12-13H2,1H3/b17-8+/t20-,21+,22+,23-/m0/s1. The SMILES string of the molecule is COC(=O)[C@H]1[C@@H]2C[C@@H]3CC[C@H]1N3C/C2=C\c1ccc(-c2cc(Cl)cc(Cl)c2)cc1. The van der Waals surface area contributed by atoms with E-state index in [-0.39, 0.29) is 11.9 Å². The molecule has 2 aromatic rings. The number of piperidine rings is 3. The quantitative estimate of drug-likeness (QED) is 0.588. The van der Waals surface area contributed by atoms with Gasteiger partial charge in [-0.3, -0.25) is 9.69 Å². The number of hydrogen-bond acceptors (Lipinski definition) is 3. The number of rotatable bonds is 3. The van der Waals surface area contributed by atoms with E-state index in [1.54, 1.807) is 6.07 Å². The molecule has 0 N–H and O–H groups in total. The zero-order valence-electron chi connectivity index (χ0n) is 16.3. The average molecular weight is 428 g/mol. The Morgan fingerprint density at radius 3 is 2.48 bits per heavy atom. The fraction of sp³-hybridized carbons (Fsp3) is 0.375. The van der Waals surface area contributed by atoms with Crippen LogP contribution in [0.5, 0.6) is 0 Å². The minimum absolute atomic E-state index is 0.0216. The first-order chi connectivity index (χ1) is 14.0.